The molecule has 1 fully saturated rings. The zero-order chi connectivity index (χ0) is 27.8. The van der Waals surface area contributed by atoms with Gasteiger partial charge in [0.2, 0.25) is 11.8 Å². The summed E-state index contributed by atoms with van der Waals surface area (Å²) in [6, 6.07) is 13.9. The fraction of sp³-hybridized carbons (Fsp3) is 0.231. The van der Waals surface area contributed by atoms with Crippen molar-refractivity contribution in [3.63, 3.8) is 0 Å². The molecule has 0 saturated carbocycles. The average molecular weight is 567 g/mol. The Balaban J connectivity index is 1.45. The maximum Gasteiger partial charge on any atom is 0.338 e. The number of aromatic nitrogens is 1. The van der Waals surface area contributed by atoms with Gasteiger partial charge in [0.15, 0.2) is 0 Å². The molecule has 2 aromatic carbocycles. The molecule has 0 bridgehead atoms. The van der Waals surface area contributed by atoms with E-state index in [1.165, 1.54) is 16.7 Å². The molecule has 5 rings (SSSR count). The van der Waals surface area contributed by atoms with Gasteiger partial charge in [-0.25, -0.2) is 9.59 Å². The number of thiazole rings is 1. The summed E-state index contributed by atoms with van der Waals surface area (Å²) in [6.07, 6.45) is 0. The molecule has 13 heteroatoms. The first-order chi connectivity index (χ1) is 18.7. The highest BCUT2D eigenvalue weighted by Gasteiger charge is 2.57. The van der Waals surface area contributed by atoms with Crippen molar-refractivity contribution in [2.24, 2.45) is 11.7 Å². The number of benzene rings is 2. The fourth-order valence-corrected chi connectivity index (χ4v) is 7.51. The van der Waals surface area contributed by atoms with Crippen LogP contribution in [0.1, 0.15) is 33.6 Å². The van der Waals surface area contributed by atoms with Crippen LogP contribution in [0.25, 0.3) is 0 Å². The Morgan fingerprint density at radius 1 is 1.00 bits per heavy atom. The largest absolute Gasteiger partial charge is 0.462 e. The van der Waals surface area contributed by atoms with Crippen molar-refractivity contribution in [3.05, 3.63) is 80.3 Å². The van der Waals surface area contributed by atoms with Crippen LogP contribution in [0.5, 0.6) is 0 Å². The molecule has 5 amide bonds. The molecule has 3 heterocycles. The molecule has 0 unspecified atom stereocenters. The molecule has 0 radical (unpaired) electrons. The maximum atomic E-state index is 13.2. The third-order valence-electron chi connectivity index (χ3n) is 6.41. The van der Waals surface area contributed by atoms with Crippen molar-refractivity contribution in [2.45, 2.75) is 29.7 Å². The fourth-order valence-electron chi connectivity index (χ4n) is 4.74. The third kappa shape index (κ3) is 4.74. The van der Waals surface area contributed by atoms with Gasteiger partial charge < -0.3 is 15.8 Å². The lowest BCUT2D eigenvalue weighted by Gasteiger charge is -2.30. The Kier molecular flexibility index (Phi) is 7.10. The van der Waals surface area contributed by atoms with Crippen molar-refractivity contribution in [1.29, 1.82) is 0 Å². The minimum atomic E-state index is -1.15. The highest BCUT2D eigenvalue weighted by atomic mass is 32.2. The topological polar surface area (TPSA) is 158 Å². The summed E-state index contributed by atoms with van der Waals surface area (Å²) in [4.78, 5) is 76.6. The zero-order valence-electron chi connectivity index (χ0n) is 20.5. The van der Waals surface area contributed by atoms with Crippen LogP contribution in [0.15, 0.2) is 64.4 Å². The lowest BCUT2D eigenvalue weighted by molar-refractivity contribution is -0.135. The predicted octanol–water partition coefficient (Wildman–Crippen LogP) is 2.40. The first-order valence-electron chi connectivity index (χ1n) is 11.9. The second-order valence-corrected chi connectivity index (χ2v) is 10.9. The molecular weight excluding hydrogens is 544 g/mol. The van der Waals surface area contributed by atoms with Gasteiger partial charge >= 0.3 is 16.9 Å². The quantitative estimate of drug-likeness (QED) is 0.340. The van der Waals surface area contributed by atoms with Crippen LogP contribution in [-0.2, 0) is 25.7 Å². The summed E-state index contributed by atoms with van der Waals surface area (Å²) >= 11 is 1.88. The van der Waals surface area contributed by atoms with Gasteiger partial charge in [-0.3, -0.25) is 23.7 Å². The van der Waals surface area contributed by atoms with Crippen LogP contribution in [0.2, 0.25) is 0 Å². The number of thioether (sulfide) groups is 1. The predicted molar refractivity (Wildman–Crippen MR) is 142 cm³/mol. The maximum absolute atomic E-state index is 13.2. The molecule has 3 atom stereocenters. The van der Waals surface area contributed by atoms with Crippen LogP contribution in [0.3, 0.4) is 0 Å². The number of carbonyl (C=O) groups excluding carboxylic acids is 5. The zero-order valence-corrected chi connectivity index (χ0v) is 22.1. The number of nitrogens with two attached hydrogens (primary N) is 1. The minimum Gasteiger partial charge on any atom is -0.462 e. The number of nitrogens with one attached hydrogen (secondary N) is 1. The standard InChI is InChI=1S/C26H22N4O7S2/c1-2-37-24(34)14-8-10-15(11-9-14)28-16(31)12-29-23-20(39-26(29)36)17(13-6-4-3-5-7-13)18-19(38-23)22(33)30(21(18)32)25(27)35/h3-11,17-19H,2,12H2,1H3,(H2,27,35)(H,28,31)/t17-,18+,19-/m0/s1. The molecule has 39 heavy (non-hydrogen) atoms. The molecule has 1 aromatic heterocycles. The Morgan fingerprint density at radius 2 is 1.69 bits per heavy atom. The van der Waals surface area contributed by atoms with Gasteiger partial charge in [-0.05, 0) is 36.8 Å². The van der Waals surface area contributed by atoms with E-state index in [0.29, 0.717) is 31.6 Å². The molecule has 3 N–H and O–H groups in total. The number of fused-ring (bicyclic) bond motifs is 2. The number of imide groups is 3. The van der Waals surface area contributed by atoms with E-state index in [1.807, 2.05) is 0 Å². The Bertz CT molecular complexity index is 1550. The normalized spacial score (nSPS) is 19.8. The molecule has 2 aliphatic rings. The third-order valence-corrected chi connectivity index (χ3v) is 9.01. The highest BCUT2D eigenvalue weighted by molar-refractivity contribution is 8.00. The van der Waals surface area contributed by atoms with Gasteiger partial charge in [-0.15, -0.1) is 0 Å². The lowest BCUT2D eigenvalue weighted by Crippen LogP contribution is -2.41. The van der Waals surface area contributed by atoms with E-state index in [2.05, 4.69) is 5.32 Å². The van der Waals surface area contributed by atoms with E-state index < -0.39 is 51.7 Å². The van der Waals surface area contributed by atoms with E-state index in [9.17, 15) is 28.8 Å². The smallest absolute Gasteiger partial charge is 0.338 e. The Hall–Kier alpha value is -4.23. The number of esters is 1. The van der Waals surface area contributed by atoms with Gasteiger partial charge in [-0.2, -0.15) is 4.90 Å². The number of anilines is 1. The number of urea groups is 1. The second kappa shape index (κ2) is 10.5. The monoisotopic (exact) mass is 566 g/mol. The Morgan fingerprint density at radius 3 is 2.33 bits per heavy atom. The number of hydrogen-bond donors (Lipinski definition) is 2. The van der Waals surface area contributed by atoms with E-state index in [1.54, 1.807) is 49.4 Å². The number of ether oxygens (including phenoxy) is 1. The lowest BCUT2D eigenvalue weighted by atomic mass is 9.83. The van der Waals surface area contributed by atoms with Crippen molar-refractivity contribution < 1.29 is 28.7 Å². The summed E-state index contributed by atoms with van der Waals surface area (Å²) in [5, 5.41) is 2.10. The van der Waals surface area contributed by atoms with Gasteiger partial charge in [0.1, 0.15) is 11.8 Å². The SMILES string of the molecule is CCOC(=O)c1ccc(NC(=O)Cn2c3c(sc2=O)[C@@H](c2ccccc2)[C@H]2C(=O)N(C(N)=O)C(=O)[C@H]2S3)cc1. The molecule has 2 aliphatic heterocycles. The van der Waals surface area contributed by atoms with E-state index >= 15 is 0 Å². The van der Waals surface area contributed by atoms with Gasteiger partial charge in [0.05, 0.1) is 23.1 Å². The number of rotatable bonds is 6. The first-order valence-corrected chi connectivity index (χ1v) is 13.6. The highest BCUT2D eigenvalue weighted by Crippen LogP contribution is 2.53. The summed E-state index contributed by atoms with van der Waals surface area (Å²) in [5.74, 6) is -4.04. The molecule has 1 saturated heterocycles. The first kappa shape index (κ1) is 26.4. The molecule has 3 aromatic rings. The summed E-state index contributed by atoms with van der Waals surface area (Å²) < 4.78 is 6.22. The number of nitrogens with zero attached hydrogens (tertiary/aromatic N) is 2. The molecular formula is C26H22N4O7S2. The van der Waals surface area contributed by atoms with E-state index in [0.717, 1.165) is 23.1 Å². The van der Waals surface area contributed by atoms with E-state index in [-0.39, 0.29) is 13.2 Å². The summed E-state index contributed by atoms with van der Waals surface area (Å²) in [5.41, 5.74) is 6.77. The van der Waals surface area contributed by atoms with Crippen LogP contribution >= 0.6 is 23.1 Å². The number of carbonyl (C=O) groups is 5. The van der Waals surface area contributed by atoms with Crippen LogP contribution in [0.4, 0.5) is 10.5 Å². The number of likely N-dealkylation sites (tertiary alicyclic amines) is 1. The number of amides is 5. The number of primary amides is 1. The van der Waals surface area contributed by atoms with Crippen LogP contribution < -0.4 is 15.9 Å². The second-order valence-electron chi connectivity index (χ2n) is 8.77. The number of hydrogen-bond acceptors (Lipinski definition) is 9. The van der Waals surface area contributed by atoms with Gasteiger partial charge in [0, 0.05) is 16.5 Å². The molecule has 0 spiro atoms. The average Bonchev–Trinajstić information content (AvgIpc) is 3.35. The molecule has 200 valence electrons. The van der Waals surface area contributed by atoms with Gasteiger partial charge in [-0.1, -0.05) is 53.4 Å². The van der Waals surface area contributed by atoms with Gasteiger partial charge in [0.25, 0.3) is 5.91 Å². The Labute approximate surface area is 229 Å². The summed E-state index contributed by atoms with van der Waals surface area (Å²) in [7, 11) is 0. The van der Waals surface area contributed by atoms with Crippen molar-refractivity contribution >= 4 is 58.5 Å². The molecule has 0 aliphatic carbocycles. The minimum absolute atomic E-state index is 0.238. The van der Waals surface area contributed by atoms with E-state index in [4.69, 9.17) is 10.5 Å². The van der Waals surface area contributed by atoms with Crippen LogP contribution in [-0.4, -0.2) is 51.0 Å². The summed E-state index contributed by atoms with van der Waals surface area (Å²) in [6.45, 7) is 1.59. The van der Waals surface area contributed by atoms with Crippen molar-refractivity contribution in [3.8, 4) is 0 Å². The van der Waals surface area contributed by atoms with Crippen molar-refractivity contribution in [2.75, 3.05) is 11.9 Å². The van der Waals surface area contributed by atoms with Crippen molar-refractivity contribution in [1.82, 2.24) is 9.47 Å². The van der Waals surface area contributed by atoms with Crippen LogP contribution in [0, 0.1) is 5.92 Å². The molecule has 11 nitrogen and oxygen atoms in total.